The van der Waals surface area contributed by atoms with Gasteiger partial charge >= 0.3 is 11.9 Å². The van der Waals surface area contributed by atoms with Gasteiger partial charge < -0.3 is 35.7 Å². The van der Waals surface area contributed by atoms with E-state index < -0.39 is 37.3 Å². The van der Waals surface area contributed by atoms with Crippen LogP contribution in [0.15, 0.2) is 23.8 Å². The molecule has 0 radical (unpaired) electrons. The van der Waals surface area contributed by atoms with Crippen LogP contribution in [0.4, 0.5) is 0 Å². The van der Waals surface area contributed by atoms with Crippen molar-refractivity contribution in [2.75, 3.05) is 19.8 Å². The molecule has 0 saturated carbocycles. The fourth-order valence-corrected chi connectivity index (χ4v) is 0.696. The van der Waals surface area contributed by atoms with Crippen LogP contribution in [-0.4, -0.2) is 67.5 Å². The first-order valence-corrected chi connectivity index (χ1v) is 4.30. The predicted molar refractivity (Wildman–Crippen MR) is 55.5 cm³/mol. The molecule has 0 spiro atoms. The topological polar surface area (TPSA) is 159 Å². The molecule has 0 heterocycles. The highest BCUT2D eigenvalue weighted by atomic mass is 16.7. The highest BCUT2D eigenvalue weighted by Gasteiger charge is 2.27. The third-order valence-electron chi connectivity index (χ3n) is 1.55. The van der Waals surface area contributed by atoms with Crippen LogP contribution in [0.5, 0.6) is 0 Å². The monoisotopic (exact) mass is 252 g/mol. The van der Waals surface area contributed by atoms with Crippen molar-refractivity contribution in [2.45, 2.75) is 5.97 Å². The minimum Gasteiger partial charge on any atom is -0.478 e. The van der Waals surface area contributed by atoms with Crippen molar-refractivity contribution in [3.8, 4) is 0 Å². The molecule has 0 bridgehead atoms. The van der Waals surface area contributed by atoms with Gasteiger partial charge in [0.1, 0.15) is 0 Å². The van der Waals surface area contributed by atoms with Crippen LogP contribution in [-0.2, 0) is 4.79 Å². The summed E-state index contributed by atoms with van der Waals surface area (Å²) in [5, 5.41) is 58.9. The van der Waals surface area contributed by atoms with Gasteiger partial charge in [-0.1, -0.05) is 6.58 Å². The van der Waals surface area contributed by atoms with Crippen LogP contribution in [0.2, 0.25) is 0 Å². The summed E-state index contributed by atoms with van der Waals surface area (Å²) >= 11 is 0. The third kappa shape index (κ3) is 8.51. The molecule has 0 amide bonds. The van der Waals surface area contributed by atoms with E-state index in [9.17, 15) is 4.79 Å². The van der Waals surface area contributed by atoms with E-state index in [0.29, 0.717) is 0 Å². The van der Waals surface area contributed by atoms with Crippen LogP contribution in [0.25, 0.3) is 0 Å². The molecule has 8 nitrogen and oxygen atoms in total. The Labute approximate surface area is 97.0 Å². The van der Waals surface area contributed by atoms with Crippen LogP contribution in [0, 0.1) is 0 Å². The molecular weight excluding hydrogens is 236 g/mol. The molecule has 0 fully saturated rings. The first kappa shape index (κ1) is 18.1. The molecule has 0 aliphatic heterocycles. The van der Waals surface area contributed by atoms with Gasteiger partial charge in [-0.25, -0.2) is 4.79 Å². The molecule has 0 atom stereocenters. The van der Waals surface area contributed by atoms with Crippen molar-refractivity contribution in [3.05, 3.63) is 23.8 Å². The van der Waals surface area contributed by atoms with Gasteiger partial charge in [0.25, 0.3) is 0 Å². The number of aliphatic hydroxyl groups excluding tert-OH is 3. The number of hydrogen-bond donors (Lipinski definition) is 7. The largest absolute Gasteiger partial charge is 0.478 e. The molecule has 0 aromatic carbocycles. The molecule has 0 rings (SSSR count). The zero-order valence-corrected chi connectivity index (χ0v) is 8.94. The second-order valence-electron chi connectivity index (χ2n) is 2.73. The number of carboxylic acid groups (broad SMARTS) is 1. The second kappa shape index (κ2) is 8.82. The third-order valence-corrected chi connectivity index (χ3v) is 1.55. The molecular formula is C9H16O8. The van der Waals surface area contributed by atoms with Gasteiger partial charge in [0, 0.05) is 11.6 Å². The molecule has 100 valence electrons. The fourth-order valence-electron chi connectivity index (χ4n) is 0.696. The quantitative estimate of drug-likeness (QED) is 0.156. The van der Waals surface area contributed by atoms with E-state index in [1.54, 1.807) is 0 Å². The maximum atomic E-state index is 9.25. The summed E-state index contributed by atoms with van der Waals surface area (Å²) in [7, 11) is 0. The summed E-state index contributed by atoms with van der Waals surface area (Å²) in [5.74, 6) is -4.18. The van der Waals surface area contributed by atoms with Gasteiger partial charge in [0.15, 0.2) is 0 Å². The van der Waals surface area contributed by atoms with Gasteiger partial charge in [-0.15, -0.1) is 0 Å². The summed E-state index contributed by atoms with van der Waals surface area (Å²) in [6.07, 6.45) is 0.833. The fraction of sp³-hybridized carbons (Fsp3) is 0.444. The maximum absolute atomic E-state index is 9.25. The van der Waals surface area contributed by atoms with E-state index in [4.69, 9.17) is 35.7 Å². The van der Waals surface area contributed by atoms with Crippen molar-refractivity contribution in [2.24, 2.45) is 0 Å². The predicted octanol–water partition coefficient (Wildman–Crippen LogP) is -2.85. The molecule has 0 saturated heterocycles. The number of aliphatic hydroxyl groups is 6. The Morgan fingerprint density at radius 1 is 1.06 bits per heavy atom. The molecule has 0 aromatic heterocycles. The Kier molecular flexibility index (Phi) is 9.38. The zero-order chi connectivity index (χ0) is 14.1. The Balaban J connectivity index is 0. The van der Waals surface area contributed by atoms with Gasteiger partial charge in [0.2, 0.25) is 0 Å². The van der Waals surface area contributed by atoms with Crippen molar-refractivity contribution in [1.82, 2.24) is 0 Å². The molecule has 8 heteroatoms. The number of aliphatic carboxylic acids is 1. The highest BCUT2D eigenvalue weighted by molar-refractivity contribution is 5.78. The SMILES string of the molecule is C=CC(=O)O.OCC(CO)=C(CO)C(O)(O)O. The van der Waals surface area contributed by atoms with E-state index in [0.717, 1.165) is 6.08 Å². The Morgan fingerprint density at radius 3 is 1.47 bits per heavy atom. The molecule has 17 heavy (non-hydrogen) atoms. The lowest BCUT2D eigenvalue weighted by molar-refractivity contribution is -0.285. The van der Waals surface area contributed by atoms with E-state index in [1.165, 1.54) is 0 Å². The number of carboxylic acids is 1. The number of carbonyl (C=O) groups is 1. The summed E-state index contributed by atoms with van der Waals surface area (Å²) < 4.78 is 0. The van der Waals surface area contributed by atoms with Crippen LogP contribution >= 0.6 is 0 Å². The lowest BCUT2D eigenvalue weighted by Gasteiger charge is -2.19. The van der Waals surface area contributed by atoms with Gasteiger partial charge in [-0.05, 0) is 5.57 Å². The first-order valence-electron chi connectivity index (χ1n) is 4.30. The zero-order valence-electron chi connectivity index (χ0n) is 8.94. The van der Waals surface area contributed by atoms with Crippen LogP contribution in [0.1, 0.15) is 0 Å². The van der Waals surface area contributed by atoms with Crippen molar-refractivity contribution in [3.63, 3.8) is 0 Å². The Hall–Kier alpha value is -1.29. The number of rotatable bonds is 5. The normalized spacial score (nSPS) is 10.0. The average molecular weight is 252 g/mol. The summed E-state index contributed by atoms with van der Waals surface area (Å²) in [5.41, 5.74) is -0.850. The summed E-state index contributed by atoms with van der Waals surface area (Å²) in [6.45, 7) is 0.758. The highest BCUT2D eigenvalue weighted by Crippen LogP contribution is 2.13. The van der Waals surface area contributed by atoms with E-state index in [1.807, 2.05) is 0 Å². The minimum absolute atomic E-state index is 0.231. The van der Waals surface area contributed by atoms with E-state index >= 15 is 0 Å². The van der Waals surface area contributed by atoms with Gasteiger partial charge in [-0.2, -0.15) is 0 Å². The molecule has 0 aliphatic carbocycles. The lowest BCUT2D eigenvalue weighted by atomic mass is 10.1. The van der Waals surface area contributed by atoms with Crippen LogP contribution < -0.4 is 0 Å². The maximum Gasteiger partial charge on any atom is 0.327 e. The van der Waals surface area contributed by atoms with Gasteiger partial charge in [-0.3, -0.25) is 0 Å². The Morgan fingerprint density at radius 2 is 1.41 bits per heavy atom. The second-order valence-corrected chi connectivity index (χ2v) is 2.73. The summed E-state index contributed by atoms with van der Waals surface area (Å²) in [6, 6.07) is 0. The molecule has 7 N–H and O–H groups in total. The lowest BCUT2D eigenvalue weighted by Crippen LogP contribution is -2.34. The summed E-state index contributed by atoms with van der Waals surface area (Å²) in [4.78, 5) is 9.25. The minimum atomic E-state index is -3.20. The van der Waals surface area contributed by atoms with Crippen molar-refractivity contribution in [1.29, 1.82) is 0 Å². The Bertz CT molecular complexity index is 269. The van der Waals surface area contributed by atoms with E-state index in [-0.39, 0.29) is 5.57 Å². The van der Waals surface area contributed by atoms with Crippen molar-refractivity contribution >= 4 is 5.97 Å². The standard InChI is InChI=1S/C6H12O6.C3H4O2/c7-1-4(2-8)5(3-9)6(10,11)12;1-2-3(4)5/h7-12H,1-3H2;2H,1H2,(H,4,5). The molecule has 0 unspecified atom stereocenters. The number of hydrogen-bond acceptors (Lipinski definition) is 7. The van der Waals surface area contributed by atoms with Crippen LogP contribution in [0.3, 0.4) is 0 Å². The first-order chi connectivity index (χ1) is 7.74. The van der Waals surface area contributed by atoms with E-state index in [2.05, 4.69) is 6.58 Å². The van der Waals surface area contributed by atoms with Gasteiger partial charge in [0.05, 0.1) is 19.8 Å². The molecule has 0 aromatic rings. The smallest absolute Gasteiger partial charge is 0.327 e. The molecule has 0 aliphatic rings. The average Bonchev–Trinajstić information content (AvgIpc) is 2.24. The van der Waals surface area contributed by atoms with Crippen molar-refractivity contribution < 1.29 is 40.5 Å².